The second-order valence-corrected chi connectivity index (χ2v) is 3.75. The van der Waals surface area contributed by atoms with Crippen molar-refractivity contribution in [2.24, 2.45) is 0 Å². The van der Waals surface area contributed by atoms with Crippen molar-refractivity contribution in [1.29, 1.82) is 0 Å². The van der Waals surface area contributed by atoms with Gasteiger partial charge in [-0.25, -0.2) is 10.9 Å². The minimum atomic E-state index is 0.653. The molecule has 0 spiro atoms. The van der Waals surface area contributed by atoms with Gasteiger partial charge in [-0.05, 0) is 6.42 Å². The summed E-state index contributed by atoms with van der Waals surface area (Å²) >= 11 is 0. The summed E-state index contributed by atoms with van der Waals surface area (Å²) in [5.74, 6) is 0. The lowest BCUT2D eigenvalue weighted by Crippen LogP contribution is -1.91. The Kier molecular flexibility index (Phi) is 5.37. The Labute approximate surface area is 76.1 Å². The quantitative estimate of drug-likeness (QED) is 0.434. The van der Waals surface area contributed by atoms with Gasteiger partial charge in [0.2, 0.25) is 0 Å². The van der Waals surface area contributed by atoms with Crippen molar-refractivity contribution in [2.45, 2.75) is 64.5 Å². The maximum absolute atomic E-state index is 3.10. The highest BCUT2D eigenvalue weighted by Gasteiger charge is 2.16. The van der Waals surface area contributed by atoms with E-state index in [2.05, 4.69) is 17.8 Å². The largest absolute Gasteiger partial charge is 0.238 e. The predicted octanol–water partition coefficient (Wildman–Crippen LogP) is 2.56. The molecule has 0 aliphatic carbocycles. The van der Waals surface area contributed by atoms with Crippen LogP contribution < -0.4 is 10.9 Å². The molecule has 1 heterocycles. The van der Waals surface area contributed by atoms with Crippen LogP contribution in [-0.2, 0) is 0 Å². The van der Waals surface area contributed by atoms with Crippen molar-refractivity contribution >= 4 is 0 Å². The molecule has 1 saturated heterocycles. The van der Waals surface area contributed by atoms with E-state index in [-0.39, 0.29) is 0 Å². The van der Waals surface area contributed by atoms with E-state index in [1.54, 1.807) is 0 Å². The molecule has 12 heavy (non-hydrogen) atoms. The summed E-state index contributed by atoms with van der Waals surface area (Å²) in [5.41, 5.74) is 6.19. The summed E-state index contributed by atoms with van der Waals surface area (Å²) in [7, 11) is 0. The van der Waals surface area contributed by atoms with Gasteiger partial charge >= 0.3 is 0 Å². The smallest absolute Gasteiger partial charge is 0.0833 e. The average Bonchev–Trinajstić information content (AvgIpc) is 2.87. The molecule has 1 aliphatic rings. The molecule has 72 valence electrons. The van der Waals surface area contributed by atoms with Gasteiger partial charge in [-0.15, -0.1) is 0 Å². The van der Waals surface area contributed by atoms with Gasteiger partial charge in [0.25, 0.3) is 0 Å². The number of hydrogen-bond donors (Lipinski definition) is 2. The summed E-state index contributed by atoms with van der Waals surface area (Å²) in [6.07, 6.45) is 11.9. The number of hydrazine groups is 1. The average molecular weight is 170 g/mol. The standard InChI is InChI=1S/C10H22N2/c1-2-3-4-5-6-7-8-9-10-11-12-10/h10-12H,2-9H2,1H3. The number of unbranched alkanes of at least 4 members (excludes halogenated alkanes) is 6. The molecule has 1 aliphatic heterocycles. The molecule has 0 aromatic rings. The Balaban J connectivity index is 1.65. The van der Waals surface area contributed by atoms with Crippen LogP contribution in [0.15, 0.2) is 0 Å². The normalized spacial score (nSPS) is 16.8. The SMILES string of the molecule is CCCCCCCCCC1NN1. The summed E-state index contributed by atoms with van der Waals surface area (Å²) in [6.45, 7) is 2.27. The van der Waals surface area contributed by atoms with Crippen molar-refractivity contribution in [3.63, 3.8) is 0 Å². The van der Waals surface area contributed by atoms with Crippen LogP contribution in [0.3, 0.4) is 0 Å². The van der Waals surface area contributed by atoms with Crippen LogP contribution in [0.4, 0.5) is 0 Å². The predicted molar refractivity (Wildman–Crippen MR) is 52.7 cm³/mol. The number of hydrogen-bond acceptors (Lipinski definition) is 2. The first kappa shape index (κ1) is 10.0. The molecule has 0 atom stereocenters. The summed E-state index contributed by atoms with van der Waals surface area (Å²) in [5, 5.41) is 0. The molecular formula is C10H22N2. The Hall–Kier alpha value is -0.0800. The van der Waals surface area contributed by atoms with Gasteiger partial charge in [0.1, 0.15) is 0 Å². The third-order valence-corrected chi connectivity index (χ3v) is 2.44. The first-order valence-corrected chi connectivity index (χ1v) is 5.44. The van der Waals surface area contributed by atoms with Gasteiger partial charge in [0.05, 0.1) is 6.17 Å². The molecule has 0 bridgehead atoms. The van der Waals surface area contributed by atoms with Gasteiger partial charge < -0.3 is 0 Å². The fourth-order valence-corrected chi connectivity index (χ4v) is 1.51. The minimum Gasteiger partial charge on any atom is -0.238 e. The molecule has 0 radical (unpaired) electrons. The van der Waals surface area contributed by atoms with Crippen LogP contribution in [0.2, 0.25) is 0 Å². The third-order valence-electron chi connectivity index (χ3n) is 2.44. The molecule has 2 heteroatoms. The first-order chi connectivity index (χ1) is 5.93. The van der Waals surface area contributed by atoms with E-state index in [0.29, 0.717) is 6.17 Å². The molecule has 0 aromatic heterocycles. The highest BCUT2D eigenvalue weighted by Crippen LogP contribution is 2.10. The van der Waals surface area contributed by atoms with E-state index in [1.165, 1.54) is 51.4 Å². The van der Waals surface area contributed by atoms with E-state index in [4.69, 9.17) is 0 Å². The number of rotatable bonds is 8. The molecule has 1 fully saturated rings. The third kappa shape index (κ3) is 5.56. The highest BCUT2D eigenvalue weighted by molar-refractivity contribution is 4.70. The van der Waals surface area contributed by atoms with E-state index in [0.717, 1.165) is 0 Å². The van der Waals surface area contributed by atoms with E-state index in [1.807, 2.05) is 0 Å². The zero-order valence-corrected chi connectivity index (χ0v) is 8.23. The monoisotopic (exact) mass is 170 g/mol. The van der Waals surface area contributed by atoms with Crippen LogP contribution in [0, 0.1) is 0 Å². The molecule has 2 nitrogen and oxygen atoms in total. The summed E-state index contributed by atoms with van der Waals surface area (Å²) in [6, 6.07) is 0. The van der Waals surface area contributed by atoms with E-state index in [9.17, 15) is 0 Å². The molecular weight excluding hydrogens is 148 g/mol. The second kappa shape index (κ2) is 6.44. The van der Waals surface area contributed by atoms with Gasteiger partial charge in [-0.3, -0.25) is 0 Å². The number of nitrogens with one attached hydrogen (secondary N) is 2. The van der Waals surface area contributed by atoms with Crippen molar-refractivity contribution in [3.8, 4) is 0 Å². The second-order valence-electron chi connectivity index (χ2n) is 3.75. The lowest BCUT2D eigenvalue weighted by atomic mass is 10.1. The Morgan fingerprint density at radius 3 is 2.00 bits per heavy atom. The molecule has 0 unspecified atom stereocenters. The molecule has 0 aromatic carbocycles. The Bertz CT molecular complexity index is 100. The fraction of sp³-hybridized carbons (Fsp3) is 1.00. The van der Waals surface area contributed by atoms with Crippen molar-refractivity contribution in [1.82, 2.24) is 10.9 Å². The van der Waals surface area contributed by atoms with Gasteiger partial charge in [0.15, 0.2) is 0 Å². The zero-order valence-electron chi connectivity index (χ0n) is 8.23. The van der Waals surface area contributed by atoms with Crippen molar-refractivity contribution in [2.75, 3.05) is 0 Å². The topological polar surface area (TPSA) is 43.9 Å². The van der Waals surface area contributed by atoms with E-state index < -0.39 is 0 Å². The maximum atomic E-state index is 3.10. The van der Waals surface area contributed by atoms with Gasteiger partial charge in [-0.1, -0.05) is 51.9 Å². The lowest BCUT2D eigenvalue weighted by Gasteiger charge is -1.98. The Morgan fingerprint density at radius 2 is 1.42 bits per heavy atom. The van der Waals surface area contributed by atoms with E-state index >= 15 is 0 Å². The molecule has 2 N–H and O–H groups in total. The fourth-order valence-electron chi connectivity index (χ4n) is 1.51. The van der Waals surface area contributed by atoms with Crippen LogP contribution in [0.5, 0.6) is 0 Å². The van der Waals surface area contributed by atoms with Gasteiger partial charge in [0, 0.05) is 0 Å². The zero-order chi connectivity index (χ0) is 8.65. The highest BCUT2D eigenvalue weighted by atomic mass is 15.6. The van der Waals surface area contributed by atoms with Crippen molar-refractivity contribution in [3.05, 3.63) is 0 Å². The van der Waals surface area contributed by atoms with Crippen molar-refractivity contribution < 1.29 is 0 Å². The Morgan fingerprint density at radius 1 is 0.833 bits per heavy atom. The maximum Gasteiger partial charge on any atom is 0.0833 e. The lowest BCUT2D eigenvalue weighted by molar-refractivity contribution is 0.571. The van der Waals surface area contributed by atoms with Crippen LogP contribution in [0.1, 0.15) is 58.3 Å². The molecule has 0 amide bonds. The van der Waals surface area contributed by atoms with Gasteiger partial charge in [-0.2, -0.15) is 0 Å². The summed E-state index contributed by atoms with van der Waals surface area (Å²) < 4.78 is 0. The molecule has 1 rings (SSSR count). The molecule has 0 saturated carbocycles. The van der Waals surface area contributed by atoms with Crippen LogP contribution in [-0.4, -0.2) is 6.17 Å². The first-order valence-electron chi connectivity index (χ1n) is 5.44. The van der Waals surface area contributed by atoms with Crippen LogP contribution >= 0.6 is 0 Å². The summed E-state index contributed by atoms with van der Waals surface area (Å²) in [4.78, 5) is 0. The minimum absolute atomic E-state index is 0.653. The van der Waals surface area contributed by atoms with Crippen LogP contribution in [0.25, 0.3) is 0 Å².